The summed E-state index contributed by atoms with van der Waals surface area (Å²) in [6.07, 6.45) is 1.31. The van der Waals surface area contributed by atoms with Crippen LogP contribution in [0.2, 0.25) is 0 Å². The number of hydrogen-bond acceptors (Lipinski definition) is 4. The molecule has 1 rings (SSSR count). The van der Waals surface area contributed by atoms with Gasteiger partial charge in [-0.3, -0.25) is 4.99 Å². The Hall–Kier alpha value is -1.59. The summed E-state index contributed by atoms with van der Waals surface area (Å²) in [5.41, 5.74) is 0.0642. The Morgan fingerprint density at radius 2 is 2.18 bits per heavy atom. The fourth-order valence-electron chi connectivity index (χ4n) is 0.801. The van der Waals surface area contributed by atoms with Crippen LogP contribution in [0, 0.1) is 0 Å². The molecule has 62 valence electrons. The monoisotopic (exact) mass is 158 g/mol. The number of nitrogens with one attached hydrogen (secondary N) is 1. The molecule has 0 aromatic carbocycles. The molecule has 0 aliphatic carbocycles. The maximum Gasteiger partial charge on any atom is 0.273 e. The second-order valence-corrected chi connectivity index (χ2v) is 1.94. The molecule has 1 heterocycles. The normalized spacial score (nSPS) is 12.0. The average Bonchev–Trinajstić information content (AvgIpc) is 2.26. The topological polar surface area (TPSA) is 74.7 Å². The van der Waals surface area contributed by atoms with Crippen LogP contribution in [0.25, 0.3) is 0 Å². The van der Waals surface area contributed by atoms with Crippen LogP contribution < -0.4 is 10.9 Å². The van der Waals surface area contributed by atoms with Crippen molar-refractivity contribution in [2.75, 3.05) is 19.4 Å². The molecule has 11 heavy (non-hydrogen) atoms. The van der Waals surface area contributed by atoms with Gasteiger partial charge in [-0.2, -0.15) is 4.73 Å². The molecule has 0 spiro atoms. The number of rotatable bonds is 1. The van der Waals surface area contributed by atoms with E-state index in [-0.39, 0.29) is 5.62 Å². The quantitative estimate of drug-likeness (QED) is 0.475. The van der Waals surface area contributed by atoms with Gasteiger partial charge in [-0.25, -0.2) is 0 Å². The third-order valence-corrected chi connectivity index (χ3v) is 1.32. The van der Waals surface area contributed by atoms with Crippen LogP contribution in [0.1, 0.15) is 0 Å². The Labute approximate surface area is 63.0 Å². The summed E-state index contributed by atoms with van der Waals surface area (Å²) in [7, 11) is 3.09. The van der Waals surface area contributed by atoms with Gasteiger partial charge in [0.2, 0.25) is 0 Å². The van der Waals surface area contributed by atoms with Crippen molar-refractivity contribution in [2.24, 2.45) is 4.99 Å². The van der Waals surface area contributed by atoms with Crippen LogP contribution in [0.3, 0.4) is 0 Å². The molecule has 0 unspecified atom stereocenters. The van der Waals surface area contributed by atoms with E-state index in [1.807, 2.05) is 0 Å². The van der Waals surface area contributed by atoms with E-state index in [1.54, 1.807) is 7.05 Å². The minimum absolute atomic E-state index is 0.0642. The first-order valence-electron chi connectivity index (χ1n) is 3.04. The first-order chi connectivity index (χ1) is 5.20. The minimum atomic E-state index is 0.0642. The molecule has 1 aromatic rings. The summed E-state index contributed by atoms with van der Waals surface area (Å²) in [6, 6.07) is 0. The zero-order valence-electron chi connectivity index (χ0n) is 6.31. The Morgan fingerprint density at radius 1 is 1.55 bits per heavy atom. The Bertz CT molecular complexity index is 311. The van der Waals surface area contributed by atoms with Crippen molar-refractivity contribution < 1.29 is 10.4 Å². The maximum absolute atomic E-state index is 9.19. The molecule has 0 fully saturated rings. The third-order valence-electron chi connectivity index (χ3n) is 1.32. The molecule has 0 aliphatic heterocycles. The number of anilines is 1. The molecule has 6 heteroatoms. The van der Waals surface area contributed by atoms with Crippen LogP contribution in [-0.2, 0) is 0 Å². The fraction of sp³-hybridized carbons (Fsp3) is 0.400. The number of hydrogen-bond donors (Lipinski definition) is 3. The molecule has 0 saturated heterocycles. The smallest absolute Gasteiger partial charge is 0.273 e. The second kappa shape index (κ2) is 2.57. The zero-order chi connectivity index (χ0) is 8.43. The van der Waals surface area contributed by atoms with E-state index in [0.717, 1.165) is 9.46 Å². The van der Waals surface area contributed by atoms with Crippen molar-refractivity contribution in [1.82, 2.24) is 9.46 Å². The molecule has 3 N–H and O–H groups in total. The maximum atomic E-state index is 9.19. The molecule has 0 amide bonds. The van der Waals surface area contributed by atoms with E-state index in [4.69, 9.17) is 5.21 Å². The van der Waals surface area contributed by atoms with Crippen LogP contribution in [0.4, 0.5) is 5.82 Å². The Balaban J connectivity index is 3.38. The second-order valence-electron chi connectivity index (χ2n) is 1.94. The van der Waals surface area contributed by atoms with E-state index < -0.39 is 0 Å². The average molecular weight is 158 g/mol. The third kappa shape index (κ3) is 1.02. The molecular formula is C5H10N4O2. The summed E-state index contributed by atoms with van der Waals surface area (Å²) < 4.78 is 1.48. The highest BCUT2D eigenvalue weighted by atomic mass is 16.5. The lowest BCUT2D eigenvalue weighted by atomic mass is 10.7. The van der Waals surface area contributed by atoms with E-state index in [2.05, 4.69) is 10.3 Å². The Kier molecular flexibility index (Phi) is 1.75. The first kappa shape index (κ1) is 7.52. The van der Waals surface area contributed by atoms with Gasteiger partial charge in [0.1, 0.15) is 0 Å². The van der Waals surface area contributed by atoms with Crippen molar-refractivity contribution in [3.8, 4) is 0 Å². The summed E-state index contributed by atoms with van der Waals surface area (Å²) in [5.74, 6) is 0.369. The predicted molar refractivity (Wildman–Crippen MR) is 37.8 cm³/mol. The van der Waals surface area contributed by atoms with E-state index >= 15 is 0 Å². The summed E-state index contributed by atoms with van der Waals surface area (Å²) in [5, 5.41) is 20.9. The lowest BCUT2D eigenvalue weighted by Gasteiger charge is -1.95. The van der Waals surface area contributed by atoms with Crippen molar-refractivity contribution in [2.45, 2.75) is 0 Å². The van der Waals surface area contributed by atoms with Crippen LogP contribution in [0.5, 0.6) is 0 Å². The first-order valence-corrected chi connectivity index (χ1v) is 3.04. The summed E-state index contributed by atoms with van der Waals surface area (Å²) in [6.45, 7) is 0. The predicted octanol–water partition coefficient (Wildman–Crippen LogP) is -0.664. The standard InChI is InChI=1S/C5H10N4O2/c1-6-4-3-8(10)5(7-2)9(4)11/h3,6,10-11H,1-2H3. The number of aromatic nitrogens is 2. The van der Waals surface area contributed by atoms with Crippen LogP contribution in [0.15, 0.2) is 11.2 Å². The van der Waals surface area contributed by atoms with Gasteiger partial charge in [-0.15, -0.1) is 4.73 Å². The highest BCUT2D eigenvalue weighted by Crippen LogP contribution is 1.98. The molecular weight excluding hydrogens is 148 g/mol. The molecule has 1 aromatic heterocycles. The van der Waals surface area contributed by atoms with Crippen molar-refractivity contribution in [3.63, 3.8) is 0 Å². The van der Waals surface area contributed by atoms with Gasteiger partial charge in [0, 0.05) is 14.1 Å². The van der Waals surface area contributed by atoms with Crippen molar-refractivity contribution in [3.05, 3.63) is 11.8 Å². The zero-order valence-corrected chi connectivity index (χ0v) is 6.31. The van der Waals surface area contributed by atoms with Gasteiger partial charge in [-0.1, -0.05) is 0 Å². The molecule has 0 atom stereocenters. The van der Waals surface area contributed by atoms with Gasteiger partial charge >= 0.3 is 0 Å². The molecule has 0 bridgehead atoms. The number of imidazole rings is 1. The lowest BCUT2D eigenvalue weighted by molar-refractivity contribution is 0.126. The Morgan fingerprint density at radius 3 is 2.45 bits per heavy atom. The minimum Gasteiger partial charge on any atom is -0.425 e. The van der Waals surface area contributed by atoms with E-state index in [1.165, 1.54) is 13.2 Å². The fourth-order valence-corrected chi connectivity index (χ4v) is 0.801. The van der Waals surface area contributed by atoms with Crippen molar-refractivity contribution in [1.29, 1.82) is 0 Å². The van der Waals surface area contributed by atoms with Gasteiger partial charge in [0.05, 0.1) is 6.20 Å². The highest BCUT2D eigenvalue weighted by Gasteiger charge is 2.03. The van der Waals surface area contributed by atoms with E-state index in [0.29, 0.717) is 5.82 Å². The molecule has 0 aliphatic rings. The van der Waals surface area contributed by atoms with Gasteiger partial charge in [0.15, 0.2) is 5.82 Å². The van der Waals surface area contributed by atoms with Crippen LogP contribution in [-0.4, -0.2) is 34.0 Å². The van der Waals surface area contributed by atoms with E-state index in [9.17, 15) is 5.21 Å². The lowest BCUT2D eigenvalue weighted by Crippen LogP contribution is -2.23. The molecule has 0 saturated carbocycles. The molecule has 0 radical (unpaired) electrons. The van der Waals surface area contributed by atoms with Gasteiger partial charge in [-0.05, 0) is 0 Å². The largest absolute Gasteiger partial charge is 0.425 e. The van der Waals surface area contributed by atoms with Gasteiger partial charge < -0.3 is 15.7 Å². The summed E-state index contributed by atoms with van der Waals surface area (Å²) >= 11 is 0. The molecule has 6 nitrogen and oxygen atoms in total. The summed E-state index contributed by atoms with van der Waals surface area (Å²) in [4.78, 5) is 3.62. The highest BCUT2D eigenvalue weighted by molar-refractivity contribution is 5.30. The van der Waals surface area contributed by atoms with Gasteiger partial charge in [0.25, 0.3) is 5.62 Å². The van der Waals surface area contributed by atoms with Crippen LogP contribution >= 0.6 is 0 Å². The SMILES string of the molecule is CN=c1n(O)cc(NC)n1O. The van der Waals surface area contributed by atoms with Crippen molar-refractivity contribution >= 4 is 5.82 Å². The number of nitrogens with zero attached hydrogens (tertiary/aromatic N) is 3.